The molecule has 23 heavy (non-hydrogen) atoms. The molecule has 0 aliphatic carbocycles. The molecular weight excluding hydrogens is 332 g/mol. The standard InChI is InChI=1S/C18H15F2NS2/c1-3-12(2)8-15-5-4-14(23-15)6-7-16-17(19)9-13(21-11-22)10-18(16)20/h4-5,9-10,12H,3,8H2,1-2H3. The van der Waals surface area contributed by atoms with Crippen molar-refractivity contribution in [2.45, 2.75) is 26.7 Å². The lowest BCUT2D eigenvalue weighted by Crippen LogP contribution is -1.94. The molecule has 1 heterocycles. The van der Waals surface area contributed by atoms with Gasteiger partial charge in [-0.05, 0) is 36.7 Å². The zero-order chi connectivity index (χ0) is 16.8. The van der Waals surface area contributed by atoms with Gasteiger partial charge in [-0.3, -0.25) is 0 Å². The quantitative estimate of drug-likeness (QED) is 0.390. The molecule has 0 aliphatic heterocycles. The number of isothiocyanates is 1. The number of nitrogens with zero attached hydrogens (tertiary/aromatic N) is 1. The van der Waals surface area contributed by atoms with Crippen molar-refractivity contribution >= 4 is 34.4 Å². The second-order valence-corrected chi connectivity index (χ2v) is 6.57. The minimum absolute atomic E-state index is 0.0903. The van der Waals surface area contributed by atoms with Crippen LogP contribution >= 0.6 is 23.6 Å². The maximum atomic E-state index is 13.9. The van der Waals surface area contributed by atoms with Crippen molar-refractivity contribution in [2.75, 3.05) is 0 Å². The van der Waals surface area contributed by atoms with Crippen LogP contribution in [-0.4, -0.2) is 5.16 Å². The minimum atomic E-state index is -0.752. The summed E-state index contributed by atoms with van der Waals surface area (Å²) in [6.45, 7) is 4.35. The van der Waals surface area contributed by atoms with Gasteiger partial charge >= 0.3 is 0 Å². The summed E-state index contributed by atoms with van der Waals surface area (Å²) in [5.74, 6) is 4.50. The van der Waals surface area contributed by atoms with Gasteiger partial charge in [0.25, 0.3) is 0 Å². The van der Waals surface area contributed by atoms with Crippen LogP contribution in [0.2, 0.25) is 0 Å². The zero-order valence-corrected chi connectivity index (χ0v) is 14.5. The molecule has 0 spiro atoms. The van der Waals surface area contributed by atoms with Crippen molar-refractivity contribution in [3.8, 4) is 11.8 Å². The Morgan fingerprint density at radius 2 is 1.91 bits per heavy atom. The Morgan fingerprint density at radius 1 is 1.22 bits per heavy atom. The number of hydrogen-bond donors (Lipinski definition) is 0. The van der Waals surface area contributed by atoms with Crippen molar-refractivity contribution in [3.63, 3.8) is 0 Å². The Kier molecular flexibility index (Phi) is 6.18. The van der Waals surface area contributed by atoms with Crippen LogP contribution in [0.5, 0.6) is 0 Å². The number of aliphatic imine (C=N–C) groups is 1. The highest BCUT2D eigenvalue weighted by atomic mass is 32.1. The Balaban J connectivity index is 2.24. The first-order valence-corrected chi connectivity index (χ1v) is 8.43. The van der Waals surface area contributed by atoms with Crippen LogP contribution in [0.3, 0.4) is 0 Å². The van der Waals surface area contributed by atoms with Gasteiger partial charge in [-0.25, -0.2) is 8.78 Å². The summed E-state index contributed by atoms with van der Waals surface area (Å²) in [6.07, 6.45) is 2.11. The molecule has 2 rings (SSSR count). The Morgan fingerprint density at radius 3 is 2.52 bits per heavy atom. The van der Waals surface area contributed by atoms with E-state index in [4.69, 9.17) is 0 Å². The van der Waals surface area contributed by atoms with E-state index in [1.54, 1.807) is 11.3 Å². The van der Waals surface area contributed by atoms with Crippen LogP contribution in [0.4, 0.5) is 14.5 Å². The predicted molar refractivity (Wildman–Crippen MR) is 94.5 cm³/mol. The molecular formula is C18H15F2NS2. The smallest absolute Gasteiger partial charge is 0.143 e. The predicted octanol–water partition coefficient (Wildman–Crippen LogP) is 5.75. The summed E-state index contributed by atoms with van der Waals surface area (Å²) in [6, 6.07) is 6.09. The highest BCUT2D eigenvalue weighted by Crippen LogP contribution is 2.22. The first-order valence-electron chi connectivity index (χ1n) is 7.21. The lowest BCUT2D eigenvalue weighted by atomic mass is 10.0. The number of rotatable bonds is 4. The van der Waals surface area contributed by atoms with Gasteiger partial charge in [0, 0.05) is 17.0 Å². The fraction of sp³-hybridized carbons (Fsp3) is 0.278. The molecule has 0 saturated carbocycles. The zero-order valence-electron chi connectivity index (χ0n) is 12.8. The average molecular weight is 347 g/mol. The third kappa shape index (κ3) is 4.80. The summed E-state index contributed by atoms with van der Waals surface area (Å²) < 4.78 is 27.8. The first kappa shape index (κ1) is 17.5. The highest BCUT2D eigenvalue weighted by Gasteiger charge is 2.09. The van der Waals surface area contributed by atoms with Crippen LogP contribution in [0, 0.1) is 29.4 Å². The van der Waals surface area contributed by atoms with E-state index in [2.05, 4.69) is 48.1 Å². The lowest BCUT2D eigenvalue weighted by molar-refractivity contribution is 0.565. The van der Waals surface area contributed by atoms with Crippen molar-refractivity contribution in [1.29, 1.82) is 0 Å². The van der Waals surface area contributed by atoms with Gasteiger partial charge in [-0.15, -0.1) is 11.3 Å². The number of benzene rings is 1. The van der Waals surface area contributed by atoms with Crippen LogP contribution in [0.1, 0.15) is 35.6 Å². The fourth-order valence-corrected chi connectivity index (χ4v) is 3.09. The molecule has 2 aromatic rings. The maximum absolute atomic E-state index is 13.9. The summed E-state index contributed by atoms with van der Waals surface area (Å²) >= 11 is 5.98. The van der Waals surface area contributed by atoms with E-state index in [0.717, 1.165) is 29.9 Å². The summed E-state index contributed by atoms with van der Waals surface area (Å²) in [5, 5.41) is 2.08. The third-order valence-electron chi connectivity index (χ3n) is 3.42. The molecule has 0 N–H and O–H groups in total. The maximum Gasteiger partial charge on any atom is 0.143 e. The molecule has 1 aromatic heterocycles. The largest absolute Gasteiger partial charge is 0.205 e. The van der Waals surface area contributed by atoms with Crippen molar-refractivity contribution in [2.24, 2.45) is 10.9 Å². The van der Waals surface area contributed by atoms with Gasteiger partial charge in [0.1, 0.15) is 11.6 Å². The molecule has 118 valence electrons. The van der Waals surface area contributed by atoms with E-state index in [1.165, 1.54) is 4.88 Å². The first-order chi connectivity index (χ1) is 11.0. The fourth-order valence-electron chi connectivity index (χ4n) is 1.96. The second kappa shape index (κ2) is 8.12. The molecule has 1 unspecified atom stereocenters. The van der Waals surface area contributed by atoms with Crippen LogP contribution in [-0.2, 0) is 6.42 Å². The van der Waals surface area contributed by atoms with Crippen LogP contribution in [0.15, 0.2) is 29.3 Å². The normalized spacial score (nSPS) is 11.3. The number of hydrogen-bond acceptors (Lipinski definition) is 3. The molecule has 0 bridgehead atoms. The van der Waals surface area contributed by atoms with E-state index in [-0.39, 0.29) is 11.3 Å². The van der Waals surface area contributed by atoms with Crippen molar-refractivity contribution in [1.82, 2.24) is 0 Å². The highest BCUT2D eigenvalue weighted by molar-refractivity contribution is 7.78. The van der Waals surface area contributed by atoms with E-state index in [1.807, 2.05) is 12.1 Å². The topological polar surface area (TPSA) is 12.4 Å². The average Bonchev–Trinajstić information content (AvgIpc) is 2.94. The van der Waals surface area contributed by atoms with E-state index < -0.39 is 11.6 Å². The summed E-state index contributed by atoms with van der Waals surface area (Å²) in [7, 11) is 0. The Hall–Kier alpha value is -1.86. The second-order valence-electron chi connectivity index (χ2n) is 5.22. The number of thiocarbonyl (C=S) groups is 1. The van der Waals surface area contributed by atoms with Gasteiger partial charge in [-0.2, -0.15) is 4.99 Å². The molecule has 1 aromatic carbocycles. The number of halogens is 2. The molecule has 0 amide bonds. The molecule has 0 radical (unpaired) electrons. The van der Waals surface area contributed by atoms with Gasteiger partial charge < -0.3 is 0 Å². The molecule has 1 nitrogen and oxygen atoms in total. The van der Waals surface area contributed by atoms with Gasteiger partial charge in [0.2, 0.25) is 0 Å². The van der Waals surface area contributed by atoms with Crippen LogP contribution < -0.4 is 0 Å². The number of thiophene rings is 1. The SMILES string of the molecule is CCC(C)Cc1ccc(C#Cc2c(F)cc(N=C=S)cc2F)s1. The molecule has 0 saturated heterocycles. The molecule has 1 atom stereocenters. The van der Waals surface area contributed by atoms with E-state index >= 15 is 0 Å². The Bertz CT molecular complexity index is 785. The van der Waals surface area contributed by atoms with Gasteiger partial charge in [-0.1, -0.05) is 32.1 Å². The van der Waals surface area contributed by atoms with Gasteiger partial charge in [0.15, 0.2) is 0 Å². The minimum Gasteiger partial charge on any atom is -0.205 e. The van der Waals surface area contributed by atoms with Crippen molar-refractivity contribution < 1.29 is 8.78 Å². The summed E-state index contributed by atoms with van der Waals surface area (Å²) in [5.41, 5.74) is -0.169. The van der Waals surface area contributed by atoms with E-state index in [0.29, 0.717) is 5.92 Å². The lowest BCUT2D eigenvalue weighted by Gasteiger charge is -2.04. The van der Waals surface area contributed by atoms with Gasteiger partial charge in [0.05, 0.1) is 21.3 Å². The van der Waals surface area contributed by atoms with Crippen LogP contribution in [0.25, 0.3) is 0 Å². The van der Waals surface area contributed by atoms with E-state index in [9.17, 15) is 8.78 Å². The van der Waals surface area contributed by atoms with Crippen molar-refractivity contribution in [3.05, 3.63) is 51.2 Å². The summed E-state index contributed by atoms with van der Waals surface area (Å²) in [4.78, 5) is 5.59. The third-order valence-corrected chi connectivity index (χ3v) is 4.53. The monoisotopic (exact) mass is 347 g/mol. The molecule has 0 fully saturated rings. The molecule has 0 aliphatic rings. The molecule has 5 heteroatoms. The Labute approximate surface area is 144 Å².